The summed E-state index contributed by atoms with van der Waals surface area (Å²) in [6.45, 7) is 3.54. The van der Waals surface area contributed by atoms with Crippen molar-refractivity contribution in [2.24, 2.45) is 5.73 Å². The van der Waals surface area contributed by atoms with E-state index in [1.807, 2.05) is 0 Å². The number of hydrogen-bond acceptors (Lipinski definition) is 3. The molecule has 0 saturated heterocycles. The minimum atomic E-state index is -1.21. The maximum absolute atomic E-state index is 10.6. The molecule has 0 fully saturated rings. The number of benzene rings is 1. The van der Waals surface area contributed by atoms with Gasteiger partial charge in [0, 0.05) is 5.56 Å². The molecule has 0 unspecified atom stereocenters. The van der Waals surface area contributed by atoms with Gasteiger partial charge in [0.15, 0.2) is 0 Å². The maximum Gasteiger partial charge on any atom is 0.325 e. The first-order chi connectivity index (χ1) is 6.56. The summed E-state index contributed by atoms with van der Waals surface area (Å²) < 4.78 is 0. The number of carboxylic acid groups (broad SMARTS) is 1. The van der Waals surface area contributed by atoms with Gasteiger partial charge in [-0.1, -0.05) is 18.7 Å². The first-order valence-electron chi connectivity index (χ1n) is 4.00. The molecule has 1 aromatic carbocycles. The number of carbonyl (C=O) groups is 1. The molecule has 74 valence electrons. The monoisotopic (exact) mass is 193 g/mol. The molecule has 4 heteroatoms. The second-order valence-corrected chi connectivity index (χ2v) is 2.84. The normalized spacial score (nSPS) is 12.1. The lowest BCUT2D eigenvalue weighted by Gasteiger charge is -2.09. The zero-order valence-electron chi connectivity index (χ0n) is 7.47. The van der Waals surface area contributed by atoms with Crippen molar-refractivity contribution < 1.29 is 15.0 Å². The number of phenolic OH excluding ortho intramolecular Hbond substituents is 1. The molecule has 0 spiro atoms. The molecule has 0 heterocycles. The molecule has 1 aromatic rings. The Kier molecular flexibility index (Phi) is 2.89. The highest BCUT2D eigenvalue weighted by Crippen LogP contribution is 2.24. The van der Waals surface area contributed by atoms with Gasteiger partial charge in [-0.2, -0.15) is 0 Å². The van der Waals surface area contributed by atoms with E-state index < -0.39 is 12.0 Å². The third kappa shape index (κ3) is 1.92. The summed E-state index contributed by atoms with van der Waals surface area (Å²) in [4.78, 5) is 10.6. The fourth-order valence-corrected chi connectivity index (χ4v) is 1.08. The van der Waals surface area contributed by atoms with Gasteiger partial charge in [-0.05, 0) is 17.7 Å². The maximum atomic E-state index is 10.6. The highest BCUT2D eigenvalue weighted by Gasteiger charge is 2.17. The largest absolute Gasteiger partial charge is 0.508 e. The van der Waals surface area contributed by atoms with Gasteiger partial charge in [0.05, 0.1) is 0 Å². The summed E-state index contributed by atoms with van der Waals surface area (Å²) in [5.74, 6) is -1.30. The molecule has 1 rings (SSSR count). The summed E-state index contributed by atoms with van der Waals surface area (Å²) in [5, 5.41) is 18.0. The van der Waals surface area contributed by atoms with Crippen LogP contribution >= 0.6 is 0 Å². The van der Waals surface area contributed by atoms with E-state index >= 15 is 0 Å². The zero-order valence-corrected chi connectivity index (χ0v) is 7.47. The molecule has 0 aliphatic rings. The van der Waals surface area contributed by atoms with E-state index in [1.165, 1.54) is 12.1 Å². The Labute approximate surface area is 81.3 Å². The number of hydrogen-bond donors (Lipinski definition) is 3. The van der Waals surface area contributed by atoms with E-state index in [0.29, 0.717) is 0 Å². The Morgan fingerprint density at radius 2 is 2.21 bits per heavy atom. The first-order valence-corrected chi connectivity index (χ1v) is 4.00. The number of carboxylic acids is 1. The topological polar surface area (TPSA) is 83.5 Å². The van der Waals surface area contributed by atoms with Gasteiger partial charge in [0.25, 0.3) is 0 Å². The van der Waals surface area contributed by atoms with Crippen LogP contribution in [0.15, 0.2) is 24.8 Å². The third-order valence-electron chi connectivity index (χ3n) is 1.89. The summed E-state index contributed by atoms with van der Waals surface area (Å²) in [6.07, 6.45) is 1.55. The van der Waals surface area contributed by atoms with E-state index in [0.717, 1.165) is 5.56 Å². The highest BCUT2D eigenvalue weighted by molar-refractivity contribution is 5.76. The van der Waals surface area contributed by atoms with Gasteiger partial charge in [0.1, 0.15) is 11.8 Å². The molecule has 1 atom stereocenters. The molecular weight excluding hydrogens is 182 g/mol. The predicted molar refractivity (Wildman–Crippen MR) is 52.8 cm³/mol. The molecule has 4 nitrogen and oxygen atoms in total. The van der Waals surface area contributed by atoms with Crippen LogP contribution in [0, 0.1) is 0 Å². The van der Waals surface area contributed by atoms with Gasteiger partial charge < -0.3 is 15.9 Å². The minimum Gasteiger partial charge on any atom is -0.508 e. The fraction of sp³-hybridized carbons (Fsp3) is 0.100. The van der Waals surface area contributed by atoms with Crippen LogP contribution in [-0.2, 0) is 4.79 Å². The van der Waals surface area contributed by atoms with Crippen LogP contribution in [-0.4, -0.2) is 16.2 Å². The van der Waals surface area contributed by atoms with E-state index in [4.69, 9.17) is 10.8 Å². The van der Waals surface area contributed by atoms with Crippen LogP contribution in [0.5, 0.6) is 5.75 Å². The zero-order chi connectivity index (χ0) is 10.7. The number of nitrogens with two attached hydrogens (primary N) is 1. The molecule has 0 amide bonds. The third-order valence-corrected chi connectivity index (χ3v) is 1.89. The van der Waals surface area contributed by atoms with Crippen molar-refractivity contribution in [1.82, 2.24) is 0 Å². The van der Waals surface area contributed by atoms with Crippen molar-refractivity contribution in [1.29, 1.82) is 0 Å². The van der Waals surface area contributed by atoms with E-state index in [2.05, 4.69) is 6.58 Å². The molecule has 0 bridgehead atoms. The summed E-state index contributed by atoms with van der Waals surface area (Å²) >= 11 is 0. The van der Waals surface area contributed by atoms with Gasteiger partial charge >= 0.3 is 5.97 Å². The number of phenols is 1. The molecule has 0 aliphatic carbocycles. The second kappa shape index (κ2) is 3.93. The molecular formula is C10H11NO3. The Bertz CT molecular complexity index is 374. The lowest BCUT2D eigenvalue weighted by molar-refractivity contribution is -0.138. The Morgan fingerprint density at radius 3 is 2.71 bits per heavy atom. The van der Waals surface area contributed by atoms with Crippen molar-refractivity contribution in [2.75, 3.05) is 0 Å². The van der Waals surface area contributed by atoms with Crippen molar-refractivity contribution in [3.8, 4) is 5.75 Å². The predicted octanol–water partition coefficient (Wildman–Crippen LogP) is 1.12. The minimum absolute atomic E-state index is 0.120. The van der Waals surface area contributed by atoms with Crippen LogP contribution in [0.4, 0.5) is 0 Å². The lowest BCUT2D eigenvalue weighted by atomic mass is 10.0. The van der Waals surface area contributed by atoms with E-state index in [9.17, 15) is 9.90 Å². The quantitative estimate of drug-likeness (QED) is 0.671. The molecule has 4 N–H and O–H groups in total. The molecule has 0 saturated carbocycles. The Balaban J connectivity index is 3.18. The van der Waals surface area contributed by atoms with Crippen LogP contribution in [0.1, 0.15) is 17.2 Å². The lowest BCUT2D eigenvalue weighted by Crippen LogP contribution is -2.20. The first kappa shape index (κ1) is 10.3. The van der Waals surface area contributed by atoms with Crippen molar-refractivity contribution >= 4 is 12.0 Å². The molecule has 0 aliphatic heterocycles. The molecule has 0 radical (unpaired) electrons. The summed E-state index contributed by atoms with van der Waals surface area (Å²) in [6, 6.07) is 3.31. The van der Waals surface area contributed by atoms with Crippen LogP contribution in [0.3, 0.4) is 0 Å². The Hall–Kier alpha value is -1.81. The number of aromatic hydroxyl groups is 1. The van der Waals surface area contributed by atoms with E-state index in [-0.39, 0.29) is 11.3 Å². The summed E-state index contributed by atoms with van der Waals surface area (Å²) in [7, 11) is 0. The SMILES string of the molecule is C=Cc1ccc(O)c([C@H](N)C(=O)O)c1. The number of aliphatic carboxylic acids is 1. The van der Waals surface area contributed by atoms with Crippen LogP contribution in [0.2, 0.25) is 0 Å². The van der Waals surface area contributed by atoms with Gasteiger partial charge in [-0.25, -0.2) is 0 Å². The van der Waals surface area contributed by atoms with E-state index in [1.54, 1.807) is 12.1 Å². The van der Waals surface area contributed by atoms with Crippen LogP contribution in [0.25, 0.3) is 6.08 Å². The molecule has 14 heavy (non-hydrogen) atoms. The number of rotatable bonds is 3. The van der Waals surface area contributed by atoms with Gasteiger partial charge in [0.2, 0.25) is 0 Å². The fourth-order valence-electron chi connectivity index (χ4n) is 1.08. The average Bonchev–Trinajstić information content (AvgIpc) is 2.17. The standard InChI is InChI=1S/C10H11NO3/c1-2-6-3-4-8(12)7(5-6)9(11)10(13)14/h2-5,9,12H,1,11H2,(H,13,14)/t9-/m0/s1. The van der Waals surface area contributed by atoms with Crippen molar-refractivity contribution in [3.63, 3.8) is 0 Å². The van der Waals surface area contributed by atoms with Crippen molar-refractivity contribution in [3.05, 3.63) is 35.9 Å². The average molecular weight is 193 g/mol. The summed E-state index contributed by atoms with van der Waals surface area (Å²) in [5.41, 5.74) is 6.28. The van der Waals surface area contributed by atoms with Crippen LogP contribution < -0.4 is 5.73 Å². The van der Waals surface area contributed by atoms with Gasteiger partial charge in [-0.15, -0.1) is 0 Å². The smallest absolute Gasteiger partial charge is 0.325 e. The highest BCUT2D eigenvalue weighted by atomic mass is 16.4. The molecule has 0 aromatic heterocycles. The second-order valence-electron chi connectivity index (χ2n) is 2.84. The van der Waals surface area contributed by atoms with Gasteiger partial charge in [-0.3, -0.25) is 4.79 Å². The van der Waals surface area contributed by atoms with Crippen molar-refractivity contribution in [2.45, 2.75) is 6.04 Å². The Morgan fingerprint density at radius 1 is 1.57 bits per heavy atom.